The third-order valence-corrected chi connectivity index (χ3v) is 3.18. The van der Waals surface area contributed by atoms with Crippen molar-refractivity contribution in [2.75, 3.05) is 6.61 Å². The quantitative estimate of drug-likeness (QED) is 0.813. The number of aromatic nitrogens is 1. The van der Waals surface area contributed by atoms with Crippen LogP contribution in [0, 0.1) is 12.8 Å². The van der Waals surface area contributed by atoms with Crippen molar-refractivity contribution in [3.8, 4) is 0 Å². The lowest BCUT2D eigenvalue weighted by Crippen LogP contribution is -2.41. The standard InChI is InChI=1S/C11H18N2O2S/c1-7(2)10(5-14)13-11(15)4-9-6-16-8(3)12-9/h6-7,10,14H,4-5H2,1-3H3,(H,13,15). The molecule has 16 heavy (non-hydrogen) atoms. The summed E-state index contributed by atoms with van der Waals surface area (Å²) in [4.78, 5) is 15.9. The van der Waals surface area contributed by atoms with E-state index in [1.807, 2.05) is 26.2 Å². The first-order valence-corrected chi connectivity index (χ1v) is 6.22. The van der Waals surface area contributed by atoms with E-state index < -0.39 is 0 Å². The molecule has 1 atom stereocenters. The van der Waals surface area contributed by atoms with Gasteiger partial charge in [0.05, 0.1) is 29.8 Å². The second-order valence-electron chi connectivity index (χ2n) is 4.14. The van der Waals surface area contributed by atoms with E-state index in [2.05, 4.69) is 10.3 Å². The monoisotopic (exact) mass is 242 g/mol. The Labute approximate surface area is 99.7 Å². The number of hydrogen-bond acceptors (Lipinski definition) is 4. The lowest BCUT2D eigenvalue weighted by molar-refractivity contribution is -0.121. The summed E-state index contributed by atoms with van der Waals surface area (Å²) in [6.45, 7) is 5.82. The molecule has 0 aliphatic rings. The van der Waals surface area contributed by atoms with Crippen LogP contribution in [-0.4, -0.2) is 28.6 Å². The predicted molar refractivity (Wildman–Crippen MR) is 64.4 cm³/mol. The van der Waals surface area contributed by atoms with Crippen LogP contribution in [-0.2, 0) is 11.2 Å². The minimum absolute atomic E-state index is 0.0283. The summed E-state index contributed by atoms with van der Waals surface area (Å²) in [5, 5.41) is 14.7. The van der Waals surface area contributed by atoms with Gasteiger partial charge in [0.1, 0.15) is 0 Å². The van der Waals surface area contributed by atoms with E-state index in [4.69, 9.17) is 5.11 Å². The van der Waals surface area contributed by atoms with Gasteiger partial charge in [-0.3, -0.25) is 4.79 Å². The number of thiazole rings is 1. The molecule has 0 saturated carbocycles. The molecule has 1 rings (SSSR count). The largest absolute Gasteiger partial charge is 0.394 e. The molecular formula is C11H18N2O2S. The zero-order valence-corrected chi connectivity index (χ0v) is 10.7. The minimum Gasteiger partial charge on any atom is -0.394 e. The number of carbonyl (C=O) groups excluding carboxylic acids is 1. The highest BCUT2D eigenvalue weighted by molar-refractivity contribution is 7.09. The van der Waals surface area contributed by atoms with Gasteiger partial charge in [0.2, 0.25) is 5.91 Å². The summed E-state index contributed by atoms with van der Waals surface area (Å²) in [6, 6.07) is -0.174. The van der Waals surface area contributed by atoms with Crippen molar-refractivity contribution in [3.63, 3.8) is 0 Å². The average molecular weight is 242 g/mol. The fourth-order valence-corrected chi connectivity index (χ4v) is 1.95. The zero-order valence-electron chi connectivity index (χ0n) is 9.86. The molecule has 0 saturated heterocycles. The van der Waals surface area contributed by atoms with Gasteiger partial charge in [-0.15, -0.1) is 11.3 Å². The van der Waals surface area contributed by atoms with Crippen LogP contribution in [0.3, 0.4) is 0 Å². The molecule has 2 N–H and O–H groups in total. The Balaban J connectivity index is 2.47. The van der Waals surface area contributed by atoms with Gasteiger partial charge in [0.25, 0.3) is 0 Å². The van der Waals surface area contributed by atoms with Gasteiger partial charge in [-0.1, -0.05) is 13.8 Å². The third-order valence-electron chi connectivity index (χ3n) is 2.36. The number of amides is 1. The van der Waals surface area contributed by atoms with Crippen molar-refractivity contribution in [1.82, 2.24) is 10.3 Å². The molecule has 1 aromatic heterocycles. The highest BCUT2D eigenvalue weighted by Crippen LogP contribution is 2.08. The van der Waals surface area contributed by atoms with Crippen molar-refractivity contribution >= 4 is 17.2 Å². The Morgan fingerprint density at radius 2 is 2.31 bits per heavy atom. The molecular weight excluding hydrogens is 224 g/mol. The molecule has 0 aliphatic heterocycles. The lowest BCUT2D eigenvalue weighted by Gasteiger charge is -2.19. The maximum absolute atomic E-state index is 11.6. The van der Waals surface area contributed by atoms with Crippen LogP contribution in [0.15, 0.2) is 5.38 Å². The number of rotatable bonds is 5. The predicted octanol–water partition coefficient (Wildman–Crippen LogP) is 1.13. The molecule has 0 fully saturated rings. The van der Waals surface area contributed by atoms with E-state index in [0.717, 1.165) is 10.7 Å². The Kier molecular flexibility index (Phi) is 4.89. The van der Waals surface area contributed by atoms with Crippen molar-refractivity contribution in [2.45, 2.75) is 33.2 Å². The number of aliphatic hydroxyl groups excluding tert-OH is 1. The zero-order chi connectivity index (χ0) is 12.1. The topological polar surface area (TPSA) is 62.2 Å². The van der Waals surface area contributed by atoms with Crippen molar-refractivity contribution in [1.29, 1.82) is 0 Å². The second-order valence-corrected chi connectivity index (χ2v) is 5.20. The van der Waals surface area contributed by atoms with Gasteiger partial charge < -0.3 is 10.4 Å². The molecule has 0 spiro atoms. The Bertz CT molecular complexity index is 350. The number of aliphatic hydroxyl groups is 1. The van der Waals surface area contributed by atoms with Gasteiger partial charge in [-0.05, 0) is 12.8 Å². The number of carbonyl (C=O) groups is 1. The van der Waals surface area contributed by atoms with E-state index >= 15 is 0 Å². The van der Waals surface area contributed by atoms with Gasteiger partial charge in [0, 0.05) is 5.38 Å². The summed E-state index contributed by atoms with van der Waals surface area (Å²) >= 11 is 1.54. The molecule has 0 aliphatic carbocycles. The second kappa shape index (κ2) is 5.96. The summed E-state index contributed by atoms with van der Waals surface area (Å²) in [5.74, 6) is 0.143. The smallest absolute Gasteiger partial charge is 0.226 e. The van der Waals surface area contributed by atoms with Crippen molar-refractivity contribution in [2.24, 2.45) is 5.92 Å². The molecule has 0 radical (unpaired) electrons. The minimum atomic E-state index is -0.174. The van der Waals surface area contributed by atoms with Crippen LogP contribution in [0.4, 0.5) is 0 Å². The van der Waals surface area contributed by atoms with E-state index in [0.29, 0.717) is 0 Å². The molecule has 0 bridgehead atoms. The summed E-state index contributed by atoms with van der Waals surface area (Å²) in [5.41, 5.74) is 0.792. The highest BCUT2D eigenvalue weighted by atomic mass is 32.1. The van der Waals surface area contributed by atoms with E-state index in [9.17, 15) is 4.79 Å². The van der Waals surface area contributed by atoms with Gasteiger partial charge in [0.15, 0.2) is 0 Å². The summed E-state index contributed by atoms with van der Waals surface area (Å²) in [6.07, 6.45) is 0.285. The SMILES string of the molecule is Cc1nc(CC(=O)NC(CO)C(C)C)cs1. The Hall–Kier alpha value is -0.940. The van der Waals surface area contributed by atoms with Crippen LogP contribution < -0.4 is 5.32 Å². The van der Waals surface area contributed by atoms with Crippen LogP contribution in [0.1, 0.15) is 24.5 Å². The fraction of sp³-hybridized carbons (Fsp3) is 0.636. The van der Waals surface area contributed by atoms with Gasteiger partial charge in [-0.25, -0.2) is 4.98 Å². The Morgan fingerprint density at radius 1 is 1.62 bits per heavy atom. The van der Waals surface area contributed by atoms with E-state index in [-0.39, 0.29) is 30.9 Å². The normalized spacial score (nSPS) is 12.8. The molecule has 5 heteroatoms. The van der Waals surface area contributed by atoms with Crippen LogP contribution >= 0.6 is 11.3 Å². The molecule has 1 heterocycles. The van der Waals surface area contributed by atoms with Crippen LogP contribution in [0.2, 0.25) is 0 Å². The van der Waals surface area contributed by atoms with Crippen molar-refractivity contribution < 1.29 is 9.90 Å². The number of nitrogens with one attached hydrogen (secondary N) is 1. The van der Waals surface area contributed by atoms with Crippen molar-refractivity contribution in [3.05, 3.63) is 16.1 Å². The van der Waals surface area contributed by atoms with Gasteiger partial charge >= 0.3 is 0 Å². The fourth-order valence-electron chi connectivity index (χ4n) is 1.33. The number of hydrogen-bond donors (Lipinski definition) is 2. The number of aryl methyl sites for hydroxylation is 1. The first-order chi connectivity index (χ1) is 7.52. The average Bonchev–Trinajstić information content (AvgIpc) is 2.60. The molecule has 4 nitrogen and oxygen atoms in total. The summed E-state index contributed by atoms with van der Waals surface area (Å²) in [7, 11) is 0. The molecule has 1 unspecified atom stereocenters. The van der Waals surface area contributed by atoms with Crippen LogP contribution in [0.25, 0.3) is 0 Å². The number of nitrogens with zero attached hydrogens (tertiary/aromatic N) is 1. The first-order valence-electron chi connectivity index (χ1n) is 5.34. The Morgan fingerprint density at radius 3 is 2.75 bits per heavy atom. The third kappa shape index (κ3) is 3.90. The lowest BCUT2D eigenvalue weighted by atomic mass is 10.1. The molecule has 1 aromatic rings. The van der Waals surface area contributed by atoms with Crippen LogP contribution in [0.5, 0.6) is 0 Å². The maximum atomic E-state index is 11.6. The van der Waals surface area contributed by atoms with Gasteiger partial charge in [-0.2, -0.15) is 0 Å². The summed E-state index contributed by atoms with van der Waals surface area (Å²) < 4.78 is 0. The molecule has 90 valence electrons. The molecule has 0 aromatic carbocycles. The molecule has 1 amide bonds. The maximum Gasteiger partial charge on any atom is 0.226 e. The van der Waals surface area contributed by atoms with E-state index in [1.165, 1.54) is 11.3 Å². The van der Waals surface area contributed by atoms with E-state index in [1.54, 1.807) is 0 Å². The first kappa shape index (κ1) is 13.1. The highest BCUT2D eigenvalue weighted by Gasteiger charge is 2.15.